The maximum Gasteiger partial charge on any atom is 0.264 e. The minimum absolute atomic E-state index is 0.0139. The van der Waals surface area contributed by atoms with E-state index in [0.717, 1.165) is 21.9 Å². The Labute approximate surface area is 243 Å². The van der Waals surface area contributed by atoms with Crippen molar-refractivity contribution in [3.05, 3.63) is 94.5 Å². The molecule has 0 fully saturated rings. The second-order valence-electron chi connectivity index (χ2n) is 9.94. The normalized spacial score (nSPS) is 12.8. The molecular weight excluding hydrogens is 546 g/mol. The van der Waals surface area contributed by atoms with Crippen molar-refractivity contribution >= 4 is 39.1 Å². The van der Waals surface area contributed by atoms with Gasteiger partial charge in [0.15, 0.2) is 0 Å². The predicted molar refractivity (Wildman–Crippen MR) is 161 cm³/mol. The number of rotatable bonds is 12. The molecule has 0 saturated carbocycles. The average molecular weight is 584 g/mol. The van der Waals surface area contributed by atoms with Crippen molar-refractivity contribution in [2.45, 2.75) is 71.0 Å². The highest BCUT2D eigenvalue weighted by molar-refractivity contribution is 7.92. The molecule has 0 bridgehead atoms. The Morgan fingerprint density at radius 2 is 1.48 bits per heavy atom. The van der Waals surface area contributed by atoms with Gasteiger partial charge in [0.05, 0.1) is 10.6 Å². The van der Waals surface area contributed by atoms with Crippen molar-refractivity contribution < 1.29 is 18.0 Å². The molecule has 0 aromatic heterocycles. The smallest absolute Gasteiger partial charge is 0.264 e. The molecule has 0 aliphatic rings. The van der Waals surface area contributed by atoms with Gasteiger partial charge in [-0.05, 0) is 80.6 Å². The zero-order valence-corrected chi connectivity index (χ0v) is 25.3. The minimum atomic E-state index is -4.15. The lowest BCUT2D eigenvalue weighted by molar-refractivity contribution is -0.140. The van der Waals surface area contributed by atoms with Gasteiger partial charge < -0.3 is 10.2 Å². The summed E-state index contributed by atoms with van der Waals surface area (Å²) >= 11 is 6.02. The van der Waals surface area contributed by atoms with Gasteiger partial charge in [-0.15, -0.1) is 0 Å². The average Bonchev–Trinajstić information content (AvgIpc) is 2.93. The number of hydrogen-bond acceptors (Lipinski definition) is 4. The molecule has 3 aromatic carbocycles. The van der Waals surface area contributed by atoms with Gasteiger partial charge >= 0.3 is 0 Å². The summed E-state index contributed by atoms with van der Waals surface area (Å²) in [5, 5.41) is 3.40. The molecule has 2 amide bonds. The summed E-state index contributed by atoms with van der Waals surface area (Å²) < 4.78 is 29.0. The number of nitrogens with one attached hydrogen (secondary N) is 1. The van der Waals surface area contributed by atoms with Crippen LogP contribution in [0.1, 0.15) is 50.3 Å². The zero-order chi connectivity index (χ0) is 29.4. The molecule has 0 unspecified atom stereocenters. The van der Waals surface area contributed by atoms with Crippen LogP contribution in [0.25, 0.3) is 0 Å². The molecule has 2 atom stereocenters. The summed E-state index contributed by atoms with van der Waals surface area (Å²) in [4.78, 5) is 29.1. The second-order valence-corrected chi connectivity index (χ2v) is 12.2. The molecule has 0 saturated heterocycles. The van der Waals surface area contributed by atoms with Gasteiger partial charge in [-0.2, -0.15) is 0 Å². The fraction of sp³-hybridized carbons (Fsp3) is 0.355. The lowest BCUT2D eigenvalue weighted by Gasteiger charge is -2.34. The monoisotopic (exact) mass is 583 g/mol. The number of benzene rings is 3. The molecular formula is C31H38ClN3O4S. The number of nitrogens with zero attached hydrogens (tertiary/aromatic N) is 2. The van der Waals surface area contributed by atoms with Crippen LogP contribution in [0.15, 0.2) is 77.7 Å². The van der Waals surface area contributed by atoms with Crippen LogP contribution in [0.2, 0.25) is 5.02 Å². The van der Waals surface area contributed by atoms with Crippen LogP contribution in [-0.4, -0.2) is 43.8 Å². The number of para-hydroxylation sites is 1. The number of hydrogen-bond donors (Lipinski definition) is 1. The third-order valence-corrected chi connectivity index (χ3v) is 9.08. The number of carbonyl (C=O) groups excluding carboxylic acids is 2. The number of sulfonamides is 1. The van der Waals surface area contributed by atoms with E-state index in [9.17, 15) is 18.0 Å². The van der Waals surface area contributed by atoms with Crippen molar-refractivity contribution in [2.75, 3.05) is 10.8 Å². The Morgan fingerprint density at radius 1 is 0.875 bits per heavy atom. The Bertz CT molecular complexity index is 1430. The zero-order valence-electron chi connectivity index (χ0n) is 23.7. The van der Waals surface area contributed by atoms with E-state index in [1.165, 1.54) is 29.2 Å². The van der Waals surface area contributed by atoms with Crippen molar-refractivity contribution in [2.24, 2.45) is 0 Å². The van der Waals surface area contributed by atoms with E-state index >= 15 is 0 Å². The van der Waals surface area contributed by atoms with Gasteiger partial charge in [0.1, 0.15) is 12.6 Å². The van der Waals surface area contributed by atoms with Gasteiger partial charge in [-0.1, -0.05) is 67.9 Å². The highest BCUT2D eigenvalue weighted by Crippen LogP contribution is 2.28. The second kappa shape index (κ2) is 13.8. The molecule has 1 N–H and O–H groups in total. The highest BCUT2D eigenvalue weighted by atomic mass is 35.5. The number of amides is 2. The van der Waals surface area contributed by atoms with Gasteiger partial charge in [0, 0.05) is 17.6 Å². The first kappa shape index (κ1) is 31.2. The lowest BCUT2D eigenvalue weighted by atomic mass is 10.1. The summed E-state index contributed by atoms with van der Waals surface area (Å²) in [6, 6.07) is 19.7. The topological polar surface area (TPSA) is 86.8 Å². The van der Waals surface area contributed by atoms with Crippen LogP contribution in [-0.2, 0) is 26.2 Å². The number of carbonyl (C=O) groups is 2. The summed E-state index contributed by atoms with van der Waals surface area (Å²) in [7, 11) is -4.15. The van der Waals surface area contributed by atoms with Crippen molar-refractivity contribution in [1.82, 2.24) is 10.2 Å². The standard InChI is InChI=1S/C31H38ClN3O4S/c1-6-24(5)33-31(37)28(7-2)34(20-25-14-10-8-12-22(25)3)30(36)21-35(29-15-11-9-13-23(29)4)40(38,39)27-18-16-26(32)17-19-27/h8-19,24,28H,6-7,20-21H2,1-5H3,(H,33,37)/t24-,28-/m1/s1. The summed E-state index contributed by atoms with van der Waals surface area (Å²) in [6.45, 7) is 9.17. The van der Waals surface area contributed by atoms with Crippen LogP contribution >= 0.6 is 11.6 Å². The first-order chi connectivity index (χ1) is 19.0. The molecule has 7 nitrogen and oxygen atoms in total. The van der Waals surface area contributed by atoms with E-state index < -0.39 is 28.5 Å². The fourth-order valence-corrected chi connectivity index (χ4v) is 6.03. The van der Waals surface area contributed by atoms with Crippen molar-refractivity contribution in [3.8, 4) is 0 Å². The molecule has 0 spiro atoms. The van der Waals surface area contributed by atoms with Gasteiger partial charge in [-0.3, -0.25) is 13.9 Å². The highest BCUT2D eigenvalue weighted by Gasteiger charge is 2.34. The quantitative estimate of drug-likeness (QED) is 0.289. The molecule has 3 rings (SSSR count). The molecule has 0 aliphatic heterocycles. The first-order valence-corrected chi connectivity index (χ1v) is 15.3. The predicted octanol–water partition coefficient (Wildman–Crippen LogP) is 5.87. The maximum atomic E-state index is 14.2. The van der Waals surface area contributed by atoms with Crippen molar-refractivity contribution in [3.63, 3.8) is 0 Å². The van der Waals surface area contributed by atoms with Crippen LogP contribution in [0.3, 0.4) is 0 Å². The van der Waals surface area contributed by atoms with Crippen LogP contribution < -0.4 is 9.62 Å². The lowest BCUT2D eigenvalue weighted by Crippen LogP contribution is -2.53. The fourth-order valence-electron chi connectivity index (χ4n) is 4.42. The van der Waals surface area contributed by atoms with E-state index in [-0.39, 0.29) is 23.4 Å². The SMILES string of the molecule is CC[C@@H](C)NC(=O)[C@@H](CC)N(Cc1ccccc1C)C(=O)CN(c1ccccc1C)S(=O)(=O)c1ccc(Cl)cc1. The number of halogens is 1. The third-order valence-electron chi connectivity index (χ3n) is 7.05. The van der Waals surface area contributed by atoms with Gasteiger partial charge in [0.25, 0.3) is 10.0 Å². The number of anilines is 1. The molecule has 0 radical (unpaired) electrons. The van der Waals surface area contributed by atoms with E-state index in [1.807, 2.05) is 58.0 Å². The molecule has 40 heavy (non-hydrogen) atoms. The Morgan fingerprint density at radius 3 is 2.05 bits per heavy atom. The van der Waals surface area contributed by atoms with E-state index in [4.69, 9.17) is 11.6 Å². The molecule has 9 heteroatoms. The molecule has 3 aromatic rings. The summed E-state index contributed by atoms with van der Waals surface area (Å²) in [6.07, 6.45) is 1.11. The summed E-state index contributed by atoms with van der Waals surface area (Å²) in [5.41, 5.74) is 2.94. The maximum absolute atomic E-state index is 14.2. The van der Waals surface area contributed by atoms with E-state index in [2.05, 4.69) is 5.32 Å². The Kier molecular flexibility index (Phi) is 10.8. The van der Waals surface area contributed by atoms with E-state index in [0.29, 0.717) is 22.7 Å². The van der Waals surface area contributed by atoms with Crippen LogP contribution in [0.5, 0.6) is 0 Å². The van der Waals surface area contributed by atoms with E-state index in [1.54, 1.807) is 25.1 Å². The van der Waals surface area contributed by atoms with Crippen LogP contribution in [0.4, 0.5) is 5.69 Å². The minimum Gasteiger partial charge on any atom is -0.352 e. The molecule has 0 heterocycles. The largest absolute Gasteiger partial charge is 0.352 e. The third kappa shape index (κ3) is 7.43. The number of aryl methyl sites for hydroxylation is 2. The Hall–Kier alpha value is -3.36. The molecule has 214 valence electrons. The molecule has 0 aliphatic carbocycles. The van der Waals surface area contributed by atoms with Crippen molar-refractivity contribution in [1.29, 1.82) is 0 Å². The summed E-state index contributed by atoms with van der Waals surface area (Å²) in [5.74, 6) is -0.739. The Balaban J connectivity index is 2.08. The first-order valence-electron chi connectivity index (χ1n) is 13.5. The van der Waals surface area contributed by atoms with Crippen LogP contribution in [0, 0.1) is 13.8 Å². The van der Waals surface area contributed by atoms with Gasteiger partial charge in [-0.25, -0.2) is 8.42 Å². The van der Waals surface area contributed by atoms with Gasteiger partial charge in [0.2, 0.25) is 11.8 Å².